The molecule has 0 spiro atoms. The van der Waals surface area contributed by atoms with Gasteiger partial charge in [0.1, 0.15) is 6.07 Å². The van der Waals surface area contributed by atoms with Gasteiger partial charge in [-0.05, 0) is 24.8 Å². The van der Waals surface area contributed by atoms with Crippen molar-refractivity contribution in [1.82, 2.24) is 15.5 Å². The van der Waals surface area contributed by atoms with Crippen molar-refractivity contribution in [1.29, 1.82) is 5.26 Å². The third-order valence-electron chi connectivity index (χ3n) is 4.26. The highest BCUT2D eigenvalue weighted by molar-refractivity contribution is 7.10. The summed E-state index contributed by atoms with van der Waals surface area (Å²) in [6, 6.07) is 4.11. The van der Waals surface area contributed by atoms with Crippen molar-refractivity contribution in [3.8, 4) is 6.07 Å². The molecule has 6 nitrogen and oxygen atoms in total. The minimum Gasteiger partial charge on any atom is -0.381 e. The molecule has 1 N–H and O–H groups in total. The van der Waals surface area contributed by atoms with E-state index in [0.29, 0.717) is 23.9 Å². The summed E-state index contributed by atoms with van der Waals surface area (Å²) in [4.78, 5) is 5.72. The minimum atomic E-state index is 0.0153. The fraction of sp³-hybridized carbons (Fsp3) is 0.588. The van der Waals surface area contributed by atoms with E-state index in [4.69, 9.17) is 14.5 Å². The topological polar surface area (TPSA) is 84.0 Å². The zero-order valence-corrected chi connectivity index (χ0v) is 14.8. The summed E-state index contributed by atoms with van der Waals surface area (Å²) in [6.07, 6.45) is 1.95. The SMILES string of the molecule is CC(C)c1noc(C(NCc2cc(C#N)cs2)C2CCOCC2)n1. The molecular formula is C17H22N4O2S. The van der Waals surface area contributed by atoms with E-state index in [2.05, 4.69) is 35.4 Å². The molecule has 1 saturated heterocycles. The highest BCUT2D eigenvalue weighted by Crippen LogP contribution is 2.30. The number of nitriles is 1. The van der Waals surface area contributed by atoms with Gasteiger partial charge in [-0.15, -0.1) is 11.3 Å². The van der Waals surface area contributed by atoms with Gasteiger partial charge in [-0.2, -0.15) is 10.2 Å². The average Bonchev–Trinajstić information content (AvgIpc) is 3.25. The van der Waals surface area contributed by atoms with Gasteiger partial charge >= 0.3 is 0 Å². The Morgan fingerprint density at radius 1 is 1.42 bits per heavy atom. The van der Waals surface area contributed by atoms with E-state index in [1.54, 1.807) is 11.3 Å². The highest BCUT2D eigenvalue weighted by atomic mass is 32.1. The zero-order valence-electron chi connectivity index (χ0n) is 14.0. The Morgan fingerprint density at radius 2 is 2.21 bits per heavy atom. The molecule has 1 aliphatic rings. The Balaban J connectivity index is 1.74. The van der Waals surface area contributed by atoms with Crippen molar-refractivity contribution in [3.63, 3.8) is 0 Å². The molecule has 1 fully saturated rings. The number of nitrogens with one attached hydrogen (secondary N) is 1. The van der Waals surface area contributed by atoms with Crippen LogP contribution in [0.1, 0.15) is 60.8 Å². The normalized spacial score (nSPS) is 17.1. The quantitative estimate of drug-likeness (QED) is 0.863. The second kappa shape index (κ2) is 7.88. The fourth-order valence-corrected chi connectivity index (χ4v) is 3.62. The summed E-state index contributed by atoms with van der Waals surface area (Å²) in [5.41, 5.74) is 0.708. The van der Waals surface area contributed by atoms with Crippen LogP contribution in [0.5, 0.6) is 0 Å². The van der Waals surface area contributed by atoms with Gasteiger partial charge in [0.15, 0.2) is 5.82 Å². The Morgan fingerprint density at radius 3 is 2.83 bits per heavy atom. The van der Waals surface area contributed by atoms with Crippen molar-refractivity contribution in [2.45, 2.75) is 45.2 Å². The second-order valence-corrected chi connectivity index (χ2v) is 7.36. The largest absolute Gasteiger partial charge is 0.381 e. The van der Waals surface area contributed by atoms with Gasteiger partial charge in [-0.1, -0.05) is 19.0 Å². The Bertz CT molecular complexity index is 698. The molecule has 2 aromatic rings. The third kappa shape index (κ3) is 4.01. The monoisotopic (exact) mass is 346 g/mol. The molecule has 0 radical (unpaired) electrons. The van der Waals surface area contributed by atoms with E-state index in [1.807, 2.05) is 11.4 Å². The lowest BCUT2D eigenvalue weighted by atomic mass is 9.91. The van der Waals surface area contributed by atoms with Crippen LogP contribution in [-0.4, -0.2) is 23.4 Å². The van der Waals surface area contributed by atoms with E-state index in [-0.39, 0.29) is 12.0 Å². The summed E-state index contributed by atoms with van der Waals surface area (Å²) in [6.45, 7) is 6.34. The first kappa shape index (κ1) is 17.1. The highest BCUT2D eigenvalue weighted by Gasteiger charge is 2.30. The maximum Gasteiger partial charge on any atom is 0.244 e. The standard InChI is InChI=1S/C17H22N4O2S/c1-11(2)16-20-17(23-21-16)15(13-3-5-22-6-4-13)19-9-14-7-12(8-18)10-24-14/h7,10-11,13,15,19H,3-6,9H2,1-2H3. The molecule has 1 unspecified atom stereocenters. The second-order valence-electron chi connectivity index (χ2n) is 6.37. The van der Waals surface area contributed by atoms with E-state index in [9.17, 15) is 0 Å². The van der Waals surface area contributed by atoms with Gasteiger partial charge in [0, 0.05) is 35.9 Å². The van der Waals surface area contributed by atoms with Gasteiger partial charge in [0.25, 0.3) is 0 Å². The molecule has 0 bridgehead atoms. The Hall–Kier alpha value is -1.75. The molecule has 3 rings (SSSR count). The predicted molar refractivity (Wildman–Crippen MR) is 90.5 cm³/mol. The molecule has 1 atom stereocenters. The number of hydrogen-bond acceptors (Lipinski definition) is 7. The lowest BCUT2D eigenvalue weighted by Gasteiger charge is -2.28. The van der Waals surface area contributed by atoms with Crippen LogP contribution in [0.4, 0.5) is 0 Å². The minimum absolute atomic E-state index is 0.0153. The van der Waals surface area contributed by atoms with Crippen molar-refractivity contribution < 1.29 is 9.26 Å². The van der Waals surface area contributed by atoms with Crippen LogP contribution in [0.2, 0.25) is 0 Å². The molecule has 128 valence electrons. The summed E-state index contributed by atoms with van der Waals surface area (Å²) in [5.74, 6) is 2.05. The summed E-state index contributed by atoms with van der Waals surface area (Å²) in [7, 11) is 0. The number of thiophene rings is 1. The molecule has 0 aromatic carbocycles. The Kier molecular flexibility index (Phi) is 5.61. The van der Waals surface area contributed by atoms with E-state index in [1.165, 1.54) is 0 Å². The number of rotatable bonds is 6. The van der Waals surface area contributed by atoms with Crippen LogP contribution >= 0.6 is 11.3 Å². The van der Waals surface area contributed by atoms with E-state index < -0.39 is 0 Å². The molecule has 7 heteroatoms. The first-order chi connectivity index (χ1) is 11.7. The molecule has 0 saturated carbocycles. The predicted octanol–water partition coefficient (Wildman–Crippen LogP) is 3.38. The molecule has 24 heavy (non-hydrogen) atoms. The van der Waals surface area contributed by atoms with Gasteiger partial charge < -0.3 is 14.6 Å². The maximum atomic E-state index is 8.95. The molecule has 2 aromatic heterocycles. The number of aromatic nitrogens is 2. The van der Waals surface area contributed by atoms with Crippen molar-refractivity contribution >= 4 is 11.3 Å². The first-order valence-corrected chi connectivity index (χ1v) is 9.17. The van der Waals surface area contributed by atoms with Crippen LogP contribution in [0.15, 0.2) is 16.0 Å². The number of hydrogen-bond donors (Lipinski definition) is 1. The smallest absolute Gasteiger partial charge is 0.244 e. The number of ether oxygens (including phenoxy) is 1. The van der Waals surface area contributed by atoms with Gasteiger partial charge in [0.05, 0.1) is 11.6 Å². The summed E-state index contributed by atoms with van der Waals surface area (Å²) in [5, 5.41) is 18.5. The Labute approximate surface area is 145 Å². The van der Waals surface area contributed by atoms with Crippen LogP contribution in [0.25, 0.3) is 0 Å². The van der Waals surface area contributed by atoms with Crippen LogP contribution in [-0.2, 0) is 11.3 Å². The molecular weight excluding hydrogens is 324 g/mol. The lowest BCUT2D eigenvalue weighted by molar-refractivity contribution is 0.0486. The van der Waals surface area contributed by atoms with E-state index in [0.717, 1.165) is 36.8 Å². The average molecular weight is 346 g/mol. The summed E-state index contributed by atoms with van der Waals surface area (Å²) >= 11 is 1.59. The van der Waals surface area contributed by atoms with Crippen LogP contribution in [0, 0.1) is 17.2 Å². The zero-order chi connectivity index (χ0) is 16.9. The molecule has 1 aliphatic heterocycles. The molecule has 3 heterocycles. The molecule has 0 amide bonds. The van der Waals surface area contributed by atoms with Crippen molar-refractivity contribution in [2.75, 3.05) is 13.2 Å². The van der Waals surface area contributed by atoms with Gasteiger partial charge in [-0.3, -0.25) is 0 Å². The van der Waals surface area contributed by atoms with Crippen LogP contribution < -0.4 is 5.32 Å². The van der Waals surface area contributed by atoms with Gasteiger partial charge in [0.2, 0.25) is 5.89 Å². The summed E-state index contributed by atoms with van der Waals surface area (Å²) < 4.78 is 11.0. The number of nitrogens with zero attached hydrogens (tertiary/aromatic N) is 3. The maximum absolute atomic E-state index is 8.95. The fourth-order valence-electron chi connectivity index (χ4n) is 2.86. The molecule has 0 aliphatic carbocycles. The lowest BCUT2D eigenvalue weighted by Crippen LogP contribution is -2.32. The first-order valence-electron chi connectivity index (χ1n) is 8.29. The van der Waals surface area contributed by atoms with E-state index >= 15 is 0 Å². The van der Waals surface area contributed by atoms with Crippen molar-refractivity contribution in [3.05, 3.63) is 33.6 Å². The van der Waals surface area contributed by atoms with Crippen molar-refractivity contribution in [2.24, 2.45) is 5.92 Å². The van der Waals surface area contributed by atoms with Crippen LogP contribution in [0.3, 0.4) is 0 Å². The third-order valence-corrected chi connectivity index (χ3v) is 5.19. The van der Waals surface area contributed by atoms with Gasteiger partial charge in [-0.25, -0.2) is 0 Å².